The molecule has 0 atom stereocenters. The maximum absolute atomic E-state index is 5.98. The number of hydrogen-bond donors (Lipinski definition) is 2. The molecule has 20 heavy (non-hydrogen) atoms. The Kier molecular flexibility index (Phi) is 3.05. The normalized spacial score (nSPS) is 10.8. The molecule has 0 radical (unpaired) electrons. The predicted molar refractivity (Wildman–Crippen MR) is 71.6 cm³/mol. The van der Waals surface area contributed by atoms with Crippen LogP contribution in [-0.2, 0) is 0 Å². The SMILES string of the molecule is Cc1nn(-c2nc(NN)nc(-n3ccnc3)n2)cc1Cl. The Labute approximate surface area is 118 Å². The highest BCUT2D eigenvalue weighted by atomic mass is 35.5. The number of rotatable bonds is 3. The Morgan fingerprint density at radius 1 is 1.25 bits per heavy atom. The first-order valence-electron chi connectivity index (χ1n) is 5.60. The maximum atomic E-state index is 5.98. The fraction of sp³-hybridized carbons (Fsp3) is 0.100. The molecule has 0 saturated carbocycles. The van der Waals surface area contributed by atoms with E-state index in [0.717, 1.165) is 0 Å². The molecule has 9 nitrogen and oxygen atoms in total. The van der Waals surface area contributed by atoms with Crippen molar-refractivity contribution in [1.29, 1.82) is 0 Å². The number of aromatic nitrogens is 7. The van der Waals surface area contributed by atoms with Gasteiger partial charge in [-0.1, -0.05) is 11.6 Å². The summed E-state index contributed by atoms with van der Waals surface area (Å²) in [6.07, 6.45) is 6.51. The molecule has 0 aromatic carbocycles. The molecule has 3 N–H and O–H groups in total. The molecule has 0 fully saturated rings. The summed E-state index contributed by atoms with van der Waals surface area (Å²) in [6, 6.07) is 0. The monoisotopic (exact) mass is 291 g/mol. The van der Waals surface area contributed by atoms with Gasteiger partial charge >= 0.3 is 0 Å². The molecule has 3 heterocycles. The highest BCUT2D eigenvalue weighted by Gasteiger charge is 2.11. The van der Waals surface area contributed by atoms with E-state index in [-0.39, 0.29) is 5.95 Å². The van der Waals surface area contributed by atoms with Crippen molar-refractivity contribution in [1.82, 2.24) is 34.3 Å². The van der Waals surface area contributed by atoms with Gasteiger partial charge in [-0.05, 0) is 6.92 Å². The van der Waals surface area contributed by atoms with Gasteiger partial charge in [-0.3, -0.25) is 9.99 Å². The molecule has 0 spiro atoms. The lowest BCUT2D eigenvalue weighted by Gasteiger charge is -2.06. The number of hydrazine groups is 1. The molecule has 0 aliphatic carbocycles. The van der Waals surface area contributed by atoms with Crippen LogP contribution in [0.1, 0.15) is 5.69 Å². The summed E-state index contributed by atoms with van der Waals surface area (Å²) in [7, 11) is 0. The molecule has 3 aromatic rings. The average Bonchev–Trinajstić information content (AvgIpc) is 3.09. The molecule has 102 valence electrons. The summed E-state index contributed by atoms with van der Waals surface area (Å²) < 4.78 is 3.09. The van der Waals surface area contributed by atoms with Crippen molar-refractivity contribution in [2.45, 2.75) is 6.92 Å². The van der Waals surface area contributed by atoms with Crippen molar-refractivity contribution in [3.63, 3.8) is 0 Å². The molecule has 0 amide bonds. The van der Waals surface area contributed by atoms with Gasteiger partial charge in [-0.15, -0.1) is 0 Å². The number of anilines is 1. The van der Waals surface area contributed by atoms with Gasteiger partial charge in [0.25, 0.3) is 5.95 Å². The number of imidazole rings is 1. The van der Waals surface area contributed by atoms with Gasteiger partial charge in [0.2, 0.25) is 11.9 Å². The molecular weight excluding hydrogens is 282 g/mol. The fourth-order valence-corrected chi connectivity index (χ4v) is 1.69. The molecule has 0 bridgehead atoms. The van der Waals surface area contributed by atoms with E-state index in [4.69, 9.17) is 17.4 Å². The Morgan fingerprint density at radius 3 is 2.65 bits per heavy atom. The van der Waals surface area contributed by atoms with Crippen LogP contribution < -0.4 is 11.3 Å². The summed E-state index contributed by atoms with van der Waals surface area (Å²) in [6.45, 7) is 1.79. The zero-order valence-corrected chi connectivity index (χ0v) is 11.2. The standard InChI is InChI=1S/C10H10ClN9/c1-6-7(11)4-20(18-6)10-15-8(17-12)14-9(16-10)19-3-2-13-5-19/h2-5H,12H2,1H3,(H,14,15,16,17). The molecule has 0 saturated heterocycles. The van der Waals surface area contributed by atoms with Gasteiger partial charge in [-0.25, -0.2) is 15.5 Å². The second-order valence-electron chi connectivity index (χ2n) is 3.88. The Bertz CT molecular complexity index is 714. The van der Waals surface area contributed by atoms with Gasteiger partial charge in [0.15, 0.2) is 0 Å². The lowest BCUT2D eigenvalue weighted by atomic mass is 10.5. The first kappa shape index (κ1) is 12.5. The van der Waals surface area contributed by atoms with Crippen LogP contribution >= 0.6 is 11.6 Å². The van der Waals surface area contributed by atoms with Crippen LogP contribution in [-0.4, -0.2) is 34.3 Å². The van der Waals surface area contributed by atoms with E-state index in [1.165, 1.54) is 4.68 Å². The summed E-state index contributed by atoms with van der Waals surface area (Å²) >= 11 is 5.98. The molecular formula is C10H10ClN9. The second-order valence-corrected chi connectivity index (χ2v) is 4.29. The van der Waals surface area contributed by atoms with E-state index in [2.05, 4.69) is 30.5 Å². The number of nitrogens with one attached hydrogen (secondary N) is 1. The smallest absolute Gasteiger partial charge is 0.257 e. The largest absolute Gasteiger partial charge is 0.292 e. The van der Waals surface area contributed by atoms with Gasteiger partial charge in [-0.2, -0.15) is 20.1 Å². The molecule has 3 aromatic heterocycles. The van der Waals surface area contributed by atoms with Crippen LogP contribution in [0.5, 0.6) is 0 Å². The molecule has 0 aliphatic heterocycles. The average molecular weight is 292 g/mol. The minimum atomic E-state index is 0.211. The first-order valence-corrected chi connectivity index (χ1v) is 5.98. The summed E-state index contributed by atoms with van der Waals surface area (Å²) in [4.78, 5) is 16.5. The van der Waals surface area contributed by atoms with Crippen LogP contribution in [0.15, 0.2) is 24.9 Å². The summed E-state index contributed by atoms with van der Waals surface area (Å²) in [5, 5.41) is 4.74. The van der Waals surface area contributed by atoms with Crippen molar-refractivity contribution in [2.75, 3.05) is 5.43 Å². The van der Waals surface area contributed by atoms with E-state index in [1.807, 2.05) is 0 Å². The van der Waals surface area contributed by atoms with E-state index in [9.17, 15) is 0 Å². The van der Waals surface area contributed by atoms with E-state index >= 15 is 0 Å². The second kappa shape index (κ2) is 4.87. The van der Waals surface area contributed by atoms with Crippen LogP contribution in [0.25, 0.3) is 11.9 Å². The van der Waals surface area contributed by atoms with Crippen LogP contribution in [0.4, 0.5) is 5.95 Å². The van der Waals surface area contributed by atoms with Crippen molar-refractivity contribution in [2.24, 2.45) is 5.84 Å². The Hall–Kier alpha value is -2.52. The van der Waals surface area contributed by atoms with Crippen LogP contribution in [0.2, 0.25) is 5.02 Å². The highest BCUT2D eigenvalue weighted by molar-refractivity contribution is 6.31. The number of nitrogens with zero attached hydrogens (tertiary/aromatic N) is 7. The predicted octanol–water partition coefficient (Wildman–Crippen LogP) is 0.490. The molecule has 0 unspecified atom stereocenters. The third-order valence-corrected chi connectivity index (χ3v) is 2.89. The minimum Gasteiger partial charge on any atom is -0.292 e. The van der Waals surface area contributed by atoms with Crippen LogP contribution in [0.3, 0.4) is 0 Å². The van der Waals surface area contributed by atoms with Gasteiger partial charge in [0, 0.05) is 12.4 Å². The van der Waals surface area contributed by atoms with Crippen molar-refractivity contribution in [3.05, 3.63) is 35.6 Å². The van der Waals surface area contributed by atoms with Crippen molar-refractivity contribution >= 4 is 17.5 Å². The Balaban J connectivity index is 2.13. The molecule has 0 aliphatic rings. The number of halogens is 1. The number of nitrogens with two attached hydrogens (primary N) is 1. The zero-order valence-electron chi connectivity index (χ0n) is 10.4. The Morgan fingerprint density at radius 2 is 2.05 bits per heavy atom. The van der Waals surface area contributed by atoms with Gasteiger partial charge < -0.3 is 0 Å². The van der Waals surface area contributed by atoms with Gasteiger partial charge in [0.1, 0.15) is 6.33 Å². The topological polar surface area (TPSA) is 112 Å². The number of aryl methyl sites for hydroxylation is 1. The number of nitrogen functional groups attached to an aromatic ring is 1. The highest BCUT2D eigenvalue weighted by Crippen LogP contribution is 2.15. The van der Waals surface area contributed by atoms with Crippen LogP contribution in [0, 0.1) is 6.92 Å². The first-order chi connectivity index (χ1) is 9.67. The number of hydrogen-bond acceptors (Lipinski definition) is 7. The van der Waals surface area contributed by atoms with Gasteiger partial charge in [0.05, 0.1) is 16.9 Å². The summed E-state index contributed by atoms with van der Waals surface area (Å²) in [5.74, 6) is 6.25. The quantitative estimate of drug-likeness (QED) is 0.533. The fourth-order valence-electron chi connectivity index (χ4n) is 1.56. The van der Waals surface area contributed by atoms with E-state index in [0.29, 0.717) is 22.6 Å². The molecule has 10 heteroatoms. The van der Waals surface area contributed by atoms with E-state index < -0.39 is 0 Å². The molecule has 3 rings (SSSR count). The maximum Gasteiger partial charge on any atom is 0.257 e. The van der Waals surface area contributed by atoms with E-state index in [1.54, 1.807) is 36.4 Å². The third-order valence-electron chi connectivity index (χ3n) is 2.52. The van der Waals surface area contributed by atoms with Crippen molar-refractivity contribution < 1.29 is 0 Å². The minimum absolute atomic E-state index is 0.211. The lowest BCUT2D eigenvalue weighted by molar-refractivity contribution is 0.767. The summed E-state index contributed by atoms with van der Waals surface area (Å²) in [5.41, 5.74) is 3.07. The third kappa shape index (κ3) is 2.19. The zero-order chi connectivity index (χ0) is 14.1. The van der Waals surface area contributed by atoms with Crippen molar-refractivity contribution in [3.8, 4) is 11.9 Å². The lowest BCUT2D eigenvalue weighted by Crippen LogP contribution is -2.16.